The van der Waals surface area contributed by atoms with Gasteiger partial charge < -0.3 is 15.3 Å². The molecule has 0 bridgehead atoms. The summed E-state index contributed by atoms with van der Waals surface area (Å²) in [6, 6.07) is 7.22. The van der Waals surface area contributed by atoms with E-state index in [1.807, 2.05) is 0 Å². The van der Waals surface area contributed by atoms with E-state index in [1.54, 1.807) is 24.4 Å². The number of amides is 2. The third kappa shape index (κ3) is 2.87. The van der Waals surface area contributed by atoms with Gasteiger partial charge in [0, 0.05) is 30.2 Å². The minimum Gasteiger partial charge on any atom is -0.383 e. The number of aliphatic hydroxyl groups is 1. The average Bonchev–Trinajstić information content (AvgIpc) is 3.34. The Morgan fingerprint density at radius 2 is 2.23 bits per heavy atom. The van der Waals surface area contributed by atoms with Crippen LogP contribution in [0.4, 0.5) is 11.5 Å². The summed E-state index contributed by atoms with van der Waals surface area (Å²) >= 11 is 6.32. The summed E-state index contributed by atoms with van der Waals surface area (Å²) in [6.45, 7) is 0.424. The average molecular weight is 371 g/mol. The summed E-state index contributed by atoms with van der Waals surface area (Å²) in [5, 5.41) is 23.0. The number of halogens is 1. The molecular weight excluding hydrogens is 356 g/mol. The highest BCUT2D eigenvalue weighted by Crippen LogP contribution is 2.38. The van der Waals surface area contributed by atoms with E-state index in [9.17, 15) is 14.7 Å². The molecule has 1 saturated carbocycles. The lowest BCUT2D eigenvalue weighted by Gasteiger charge is -2.17. The van der Waals surface area contributed by atoms with Crippen LogP contribution in [0.2, 0.25) is 5.02 Å². The minimum absolute atomic E-state index is 0.218. The second-order valence-electron chi connectivity index (χ2n) is 6.58. The van der Waals surface area contributed by atoms with Gasteiger partial charge in [0.05, 0.1) is 22.9 Å². The second kappa shape index (κ2) is 6.24. The highest BCUT2D eigenvalue weighted by atomic mass is 35.5. The Balaban J connectivity index is 1.63. The summed E-state index contributed by atoms with van der Waals surface area (Å²) in [4.78, 5) is 29.8. The van der Waals surface area contributed by atoms with E-state index in [2.05, 4.69) is 16.4 Å². The molecule has 1 aromatic heterocycles. The molecule has 3 atom stereocenters. The number of rotatable bonds is 3. The molecule has 1 aliphatic heterocycles. The van der Waals surface area contributed by atoms with E-state index in [0.717, 1.165) is 5.39 Å². The highest BCUT2D eigenvalue weighted by Gasteiger charge is 2.43. The van der Waals surface area contributed by atoms with Gasteiger partial charge in [-0.05, 0) is 30.0 Å². The number of nitriles is 1. The molecule has 1 aliphatic carbocycles. The molecule has 0 radical (unpaired) electrons. The molecule has 2 amide bonds. The molecule has 2 N–H and O–H groups in total. The van der Waals surface area contributed by atoms with Crippen molar-refractivity contribution in [2.45, 2.75) is 18.9 Å². The first kappa shape index (κ1) is 16.8. The van der Waals surface area contributed by atoms with Crippen LogP contribution in [0, 0.1) is 23.2 Å². The number of hydrogen-bond acceptors (Lipinski definition) is 5. The SMILES string of the molecule is N#C[C@H]1C[C@@H]1C(=O)Nc1cc2cc(N3CC[C@@H](O)C3=O)cc(Cl)c2cn1. The maximum Gasteiger partial charge on any atom is 0.255 e. The van der Waals surface area contributed by atoms with Crippen LogP contribution in [-0.4, -0.2) is 34.6 Å². The Hall–Kier alpha value is -2.69. The Bertz CT molecular complexity index is 971. The van der Waals surface area contributed by atoms with Gasteiger partial charge in [-0.25, -0.2) is 4.98 Å². The number of aromatic nitrogens is 1. The fourth-order valence-electron chi connectivity index (χ4n) is 3.19. The molecular formula is C18H15ClN4O3. The lowest BCUT2D eigenvalue weighted by atomic mass is 10.1. The maximum atomic E-state index is 12.1. The number of benzene rings is 1. The Labute approximate surface area is 154 Å². The van der Waals surface area contributed by atoms with Crippen LogP contribution in [-0.2, 0) is 9.59 Å². The van der Waals surface area contributed by atoms with E-state index < -0.39 is 6.10 Å². The number of anilines is 2. The van der Waals surface area contributed by atoms with Gasteiger partial charge in [0.25, 0.3) is 5.91 Å². The first-order valence-electron chi connectivity index (χ1n) is 8.27. The molecule has 26 heavy (non-hydrogen) atoms. The standard InChI is InChI=1S/C18H15ClN4O3/c19-14-6-11(23-2-1-15(24)18(23)26)3-9-5-16(21-8-13(9)14)22-17(25)12-4-10(12)7-20/h3,5-6,8,10,12,15,24H,1-2,4H2,(H,21,22,25)/t10-,12+,15-/m1/s1. The zero-order valence-corrected chi connectivity index (χ0v) is 14.4. The van der Waals surface area contributed by atoms with Gasteiger partial charge >= 0.3 is 0 Å². The van der Waals surface area contributed by atoms with Crippen molar-refractivity contribution >= 4 is 45.7 Å². The molecule has 7 nitrogen and oxygen atoms in total. The van der Waals surface area contributed by atoms with Crippen LogP contribution < -0.4 is 10.2 Å². The number of carbonyl (C=O) groups excluding carboxylic acids is 2. The smallest absolute Gasteiger partial charge is 0.255 e. The maximum absolute atomic E-state index is 12.1. The lowest BCUT2D eigenvalue weighted by molar-refractivity contribution is -0.124. The van der Waals surface area contributed by atoms with Crippen molar-refractivity contribution in [3.63, 3.8) is 0 Å². The number of pyridine rings is 1. The van der Waals surface area contributed by atoms with Gasteiger partial charge in [-0.3, -0.25) is 9.59 Å². The van der Waals surface area contributed by atoms with Crippen LogP contribution in [0.15, 0.2) is 24.4 Å². The van der Waals surface area contributed by atoms with E-state index >= 15 is 0 Å². The molecule has 1 saturated heterocycles. The quantitative estimate of drug-likeness (QED) is 0.860. The molecule has 0 spiro atoms. The summed E-state index contributed by atoms with van der Waals surface area (Å²) in [7, 11) is 0. The first-order valence-corrected chi connectivity index (χ1v) is 8.65. The van der Waals surface area contributed by atoms with Crippen molar-refractivity contribution < 1.29 is 14.7 Å². The normalized spacial score (nSPS) is 24.6. The van der Waals surface area contributed by atoms with Gasteiger partial charge in [0.15, 0.2) is 0 Å². The molecule has 2 fully saturated rings. The molecule has 132 valence electrons. The Morgan fingerprint density at radius 3 is 2.88 bits per heavy atom. The van der Waals surface area contributed by atoms with Gasteiger partial charge in [-0.15, -0.1) is 0 Å². The fourth-order valence-corrected chi connectivity index (χ4v) is 3.46. The zero-order chi connectivity index (χ0) is 18.4. The van der Waals surface area contributed by atoms with Crippen molar-refractivity contribution in [3.05, 3.63) is 29.4 Å². The van der Waals surface area contributed by atoms with Crippen molar-refractivity contribution in [1.29, 1.82) is 5.26 Å². The number of fused-ring (bicyclic) bond motifs is 1. The van der Waals surface area contributed by atoms with Crippen molar-refractivity contribution in [1.82, 2.24) is 4.98 Å². The molecule has 2 aromatic rings. The van der Waals surface area contributed by atoms with E-state index in [0.29, 0.717) is 41.3 Å². The van der Waals surface area contributed by atoms with Crippen LogP contribution in [0.5, 0.6) is 0 Å². The molecule has 0 unspecified atom stereocenters. The van der Waals surface area contributed by atoms with E-state index in [4.69, 9.17) is 16.9 Å². The topological polar surface area (TPSA) is 106 Å². The number of nitrogens with one attached hydrogen (secondary N) is 1. The fraction of sp³-hybridized carbons (Fsp3) is 0.333. The monoisotopic (exact) mass is 370 g/mol. The molecule has 8 heteroatoms. The summed E-state index contributed by atoms with van der Waals surface area (Å²) in [5.74, 6) is -0.699. The van der Waals surface area contributed by atoms with E-state index in [-0.39, 0.29) is 23.7 Å². The van der Waals surface area contributed by atoms with Gasteiger partial charge in [0.1, 0.15) is 11.9 Å². The summed E-state index contributed by atoms with van der Waals surface area (Å²) in [5.41, 5.74) is 0.597. The number of carbonyl (C=O) groups is 2. The molecule has 4 rings (SSSR count). The van der Waals surface area contributed by atoms with Crippen LogP contribution >= 0.6 is 11.6 Å². The second-order valence-corrected chi connectivity index (χ2v) is 6.99. The van der Waals surface area contributed by atoms with Crippen LogP contribution in [0.3, 0.4) is 0 Å². The minimum atomic E-state index is -0.983. The zero-order valence-electron chi connectivity index (χ0n) is 13.6. The lowest BCUT2D eigenvalue weighted by Crippen LogP contribution is -2.29. The summed E-state index contributed by atoms with van der Waals surface area (Å²) in [6.07, 6.45) is 1.54. The van der Waals surface area contributed by atoms with Gasteiger partial charge in [-0.2, -0.15) is 5.26 Å². The Kier molecular flexibility index (Phi) is 4.02. The largest absolute Gasteiger partial charge is 0.383 e. The third-order valence-corrected chi connectivity index (χ3v) is 5.12. The van der Waals surface area contributed by atoms with Crippen LogP contribution in [0.1, 0.15) is 12.8 Å². The Morgan fingerprint density at radius 1 is 1.42 bits per heavy atom. The number of aliphatic hydroxyl groups excluding tert-OH is 1. The van der Waals surface area contributed by atoms with Crippen LogP contribution in [0.25, 0.3) is 10.8 Å². The van der Waals surface area contributed by atoms with E-state index in [1.165, 1.54) is 4.90 Å². The predicted octanol–water partition coefficient (Wildman–Crippen LogP) is 2.08. The van der Waals surface area contributed by atoms with Crippen molar-refractivity contribution in [2.24, 2.45) is 11.8 Å². The molecule has 1 aromatic carbocycles. The van der Waals surface area contributed by atoms with Crippen molar-refractivity contribution in [2.75, 3.05) is 16.8 Å². The third-order valence-electron chi connectivity index (χ3n) is 4.80. The first-order chi connectivity index (χ1) is 12.5. The molecule has 2 aliphatic rings. The van der Waals surface area contributed by atoms with Gasteiger partial charge in [-0.1, -0.05) is 11.6 Å². The van der Waals surface area contributed by atoms with Crippen molar-refractivity contribution in [3.8, 4) is 6.07 Å². The number of nitrogens with zero attached hydrogens (tertiary/aromatic N) is 3. The summed E-state index contributed by atoms with van der Waals surface area (Å²) < 4.78 is 0. The highest BCUT2D eigenvalue weighted by molar-refractivity contribution is 6.36. The molecule has 2 heterocycles. The predicted molar refractivity (Wildman–Crippen MR) is 95.6 cm³/mol. The number of hydrogen-bond donors (Lipinski definition) is 2. The van der Waals surface area contributed by atoms with Gasteiger partial charge in [0.2, 0.25) is 5.91 Å².